The summed E-state index contributed by atoms with van der Waals surface area (Å²) in [4.78, 5) is 11.7. The van der Waals surface area contributed by atoms with Gasteiger partial charge in [-0.2, -0.15) is 0 Å². The maximum Gasteiger partial charge on any atom is 0.319 e. The number of hydrogen-bond donors (Lipinski definition) is 2. The molecular formula is C16H21BrN2O. The maximum atomic E-state index is 11.7. The van der Waals surface area contributed by atoms with Crippen LogP contribution in [-0.2, 0) is 6.54 Å². The summed E-state index contributed by atoms with van der Waals surface area (Å²) >= 11 is 3.42. The fourth-order valence-corrected chi connectivity index (χ4v) is 2.91. The lowest BCUT2D eigenvalue weighted by molar-refractivity contribution is 0.243. The van der Waals surface area contributed by atoms with Crippen LogP contribution in [0.15, 0.2) is 41.0 Å². The smallest absolute Gasteiger partial charge is 0.319 e. The van der Waals surface area contributed by atoms with Crippen molar-refractivity contribution in [3.8, 4) is 0 Å². The highest BCUT2D eigenvalue weighted by Gasteiger charge is 2.09. The van der Waals surface area contributed by atoms with Crippen LogP contribution in [0.4, 0.5) is 4.79 Å². The van der Waals surface area contributed by atoms with Crippen molar-refractivity contribution in [1.82, 2.24) is 10.6 Å². The van der Waals surface area contributed by atoms with Gasteiger partial charge in [-0.1, -0.05) is 53.4 Å². The first-order valence-electron chi connectivity index (χ1n) is 7.19. The van der Waals surface area contributed by atoms with Gasteiger partial charge in [0.2, 0.25) is 0 Å². The molecule has 1 aromatic rings. The quantitative estimate of drug-likeness (QED) is 0.843. The lowest BCUT2D eigenvalue weighted by Crippen LogP contribution is -2.31. The average molecular weight is 337 g/mol. The molecule has 0 aromatic heterocycles. The lowest BCUT2D eigenvalue weighted by Gasteiger charge is -2.17. The van der Waals surface area contributed by atoms with Gasteiger partial charge in [-0.05, 0) is 36.5 Å². The standard InChI is InChI=1S/C16H21BrN2O/c17-15-8-4-7-14(11-15)12-19-16(20)18-10-9-13-5-2-1-3-6-13/h4,7-11,13H,1-3,5-6,12H2,(H2,18,19,20)/b10-9+. The Kier molecular flexibility index (Phi) is 6.12. The Bertz CT molecular complexity index is 467. The molecule has 0 unspecified atom stereocenters. The van der Waals surface area contributed by atoms with E-state index in [0.717, 1.165) is 10.0 Å². The molecule has 1 aliphatic carbocycles. The van der Waals surface area contributed by atoms with Gasteiger partial charge in [0.05, 0.1) is 0 Å². The molecule has 3 nitrogen and oxygen atoms in total. The molecule has 0 spiro atoms. The van der Waals surface area contributed by atoms with Gasteiger partial charge in [0, 0.05) is 17.2 Å². The van der Waals surface area contributed by atoms with Crippen molar-refractivity contribution in [2.45, 2.75) is 38.6 Å². The summed E-state index contributed by atoms with van der Waals surface area (Å²) in [6.45, 7) is 0.530. The van der Waals surface area contributed by atoms with E-state index >= 15 is 0 Å². The van der Waals surface area contributed by atoms with Gasteiger partial charge in [0.1, 0.15) is 0 Å². The van der Waals surface area contributed by atoms with Crippen molar-refractivity contribution in [2.24, 2.45) is 5.92 Å². The zero-order chi connectivity index (χ0) is 14.2. The van der Waals surface area contributed by atoms with Crippen LogP contribution in [0, 0.1) is 5.92 Å². The third-order valence-electron chi connectivity index (χ3n) is 3.57. The minimum absolute atomic E-state index is 0.156. The van der Waals surface area contributed by atoms with Gasteiger partial charge in [-0.25, -0.2) is 4.79 Å². The predicted molar refractivity (Wildman–Crippen MR) is 85.2 cm³/mol. The molecule has 108 valence electrons. The Labute approximate surface area is 129 Å². The van der Waals surface area contributed by atoms with Gasteiger partial charge in [0.15, 0.2) is 0 Å². The lowest BCUT2D eigenvalue weighted by atomic mass is 9.89. The first kappa shape index (κ1) is 15.1. The molecule has 4 heteroatoms. The molecule has 1 aliphatic rings. The number of amides is 2. The minimum Gasteiger partial charge on any atom is -0.334 e. The SMILES string of the molecule is O=C(N/C=C/C1CCCCC1)NCc1cccc(Br)c1. The number of nitrogens with one attached hydrogen (secondary N) is 2. The van der Waals surface area contributed by atoms with Crippen molar-refractivity contribution in [3.63, 3.8) is 0 Å². The topological polar surface area (TPSA) is 41.1 Å². The van der Waals surface area contributed by atoms with Crippen molar-refractivity contribution >= 4 is 22.0 Å². The highest BCUT2D eigenvalue weighted by molar-refractivity contribution is 9.10. The van der Waals surface area contributed by atoms with E-state index < -0.39 is 0 Å². The van der Waals surface area contributed by atoms with E-state index in [1.165, 1.54) is 32.1 Å². The summed E-state index contributed by atoms with van der Waals surface area (Å²) in [6.07, 6.45) is 10.4. The molecule has 0 atom stereocenters. The van der Waals surface area contributed by atoms with Gasteiger partial charge < -0.3 is 10.6 Å². The molecule has 20 heavy (non-hydrogen) atoms. The second-order valence-corrected chi connectivity index (χ2v) is 6.13. The number of rotatable bonds is 4. The van der Waals surface area contributed by atoms with Crippen LogP contribution in [-0.4, -0.2) is 6.03 Å². The third-order valence-corrected chi connectivity index (χ3v) is 4.07. The number of benzene rings is 1. The van der Waals surface area contributed by atoms with E-state index in [9.17, 15) is 4.79 Å². The molecule has 0 aliphatic heterocycles. The predicted octanol–water partition coefficient (Wildman–Crippen LogP) is 4.34. The molecule has 2 amide bonds. The fourth-order valence-electron chi connectivity index (χ4n) is 2.47. The molecule has 2 N–H and O–H groups in total. The van der Waals surface area contributed by atoms with E-state index in [1.54, 1.807) is 6.20 Å². The molecule has 0 heterocycles. The van der Waals surface area contributed by atoms with Crippen LogP contribution in [0.25, 0.3) is 0 Å². The van der Waals surface area contributed by atoms with Gasteiger partial charge in [-0.15, -0.1) is 0 Å². The van der Waals surface area contributed by atoms with Crippen LogP contribution in [0.2, 0.25) is 0 Å². The third kappa shape index (κ3) is 5.37. The summed E-state index contributed by atoms with van der Waals surface area (Å²) in [6, 6.07) is 7.76. The van der Waals surface area contributed by atoms with E-state index in [-0.39, 0.29) is 6.03 Å². The van der Waals surface area contributed by atoms with E-state index in [4.69, 9.17) is 0 Å². The van der Waals surface area contributed by atoms with E-state index in [0.29, 0.717) is 12.5 Å². The van der Waals surface area contributed by atoms with Crippen LogP contribution < -0.4 is 10.6 Å². The highest BCUT2D eigenvalue weighted by Crippen LogP contribution is 2.24. The van der Waals surface area contributed by atoms with Crippen LogP contribution >= 0.6 is 15.9 Å². The van der Waals surface area contributed by atoms with Gasteiger partial charge in [0.25, 0.3) is 0 Å². The van der Waals surface area contributed by atoms with Crippen LogP contribution in [0.3, 0.4) is 0 Å². The Morgan fingerprint density at radius 3 is 2.85 bits per heavy atom. The molecule has 0 bridgehead atoms. The van der Waals surface area contributed by atoms with Crippen molar-refractivity contribution in [3.05, 3.63) is 46.6 Å². The second-order valence-electron chi connectivity index (χ2n) is 5.21. The number of hydrogen-bond acceptors (Lipinski definition) is 1. The molecule has 1 saturated carbocycles. The highest BCUT2D eigenvalue weighted by atomic mass is 79.9. The number of carbonyl (C=O) groups is 1. The number of urea groups is 1. The van der Waals surface area contributed by atoms with Gasteiger partial charge in [-0.3, -0.25) is 0 Å². The minimum atomic E-state index is -0.156. The van der Waals surface area contributed by atoms with Gasteiger partial charge >= 0.3 is 6.03 Å². The largest absolute Gasteiger partial charge is 0.334 e. The molecule has 1 aromatic carbocycles. The average Bonchev–Trinajstić information content (AvgIpc) is 2.46. The Balaban J connectivity index is 1.68. The monoisotopic (exact) mass is 336 g/mol. The Morgan fingerprint density at radius 1 is 1.30 bits per heavy atom. The summed E-state index contributed by atoms with van der Waals surface area (Å²) in [5, 5.41) is 5.61. The Morgan fingerprint density at radius 2 is 2.10 bits per heavy atom. The summed E-state index contributed by atoms with van der Waals surface area (Å²) in [5.41, 5.74) is 1.07. The second kappa shape index (κ2) is 8.10. The van der Waals surface area contributed by atoms with E-state index in [1.807, 2.05) is 24.3 Å². The fraction of sp³-hybridized carbons (Fsp3) is 0.438. The summed E-state index contributed by atoms with van der Waals surface area (Å²) in [7, 11) is 0. The zero-order valence-electron chi connectivity index (χ0n) is 11.6. The molecule has 0 saturated heterocycles. The number of halogens is 1. The Hall–Kier alpha value is -1.29. The van der Waals surface area contributed by atoms with Crippen LogP contribution in [0.5, 0.6) is 0 Å². The molecule has 0 radical (unpaired) electrons. The molecule has 2 rings (SSSR count). The first-order chi connectivity index (χ1) is 9.74. The van der Waals surface area contributed by atoms with Crippen LogP contribution in [0.1, 0.15) is 37.7 Å². The van der Waals surface area contributed by atoms with E-state index in [2.05, 4.69) is 32.6 Å². The summed E-state index contributed by atoms with van der Waals surface area (Å²) < 4.78 is 1.02. The number of allylic oxidation sites excluding steroid dienone is 1. The molecule has 1 fully saturated rings. The van der Waals surface area contributed by atoms with Crippen molar-refractivity contribution < 1.29 is 4.79 Å². The summed E-state index contributed by atoms with van der Waals surface area (Å²) in [5.74, 6) is 0.633. The first-order valence-corrected chi connectivity index (χ1v) is 7.99. The normalized spacial score (nSPS) is 16.2. The zero-order valence-corrected chi connectivity index (χ0v) is 13.2. The maximum absolute atomic E-state index is 11.7. The number of carbonyl (C=O) groups excluding carboxylic acids is 1. The molecular weight excluding hydrogens is 316 g/mol. The van der Waals surface area contributed by atoms with Crippen molar-refractivity contribution in [2.75, 3.05) is 0 Å². The van der Waals surface area contributed by atoms with Crippen molar-refractivity contribution in [1.29, 1.82) is 0 Å².